The number of carboxylic acids is 1. The van der Waals surface area contributed by atoms with Crippen LogP contribution in [0.1, 0.15) is 20.3 Å². The summed E-state index contributed by atoms with van der Waals surface area (Å²) < 4.78 is 0. The number of hydrogen-bond acceptors (Lipinski definition) is 2. The van der Waals surface area contributed by atoms with Crippen molar-refractivity contribution in [3.8, 4) is 0 Å². The van der Waals surface area contributed by atoms with E-state index in [9.17, 15) is 9.59 Å². The lowest BCUT2D eigenvalue weighted by molar-refractivity contribution is -0.137. The lowest BCUT2D eigenvalue weighted by Gasteiger charge is -2.27. The molecule has 0 heterocycles. The first kappa shape index (κ1) is 16.6. The molecule has 0 aromatic heterocycles. The number of halogens is 2. The Morgan fingerprint density at radius 3 is 2.55 bits per heavy atom. The molecule has 20 heavy (non-hydrogen) atoms. The van der Waals surface area contributed by atoms with Gasteiger partial charge in [0.2, 0.25) is 0 Å². The molecular formula is C13H16Cl2N2O3. The first-order valence-corrected chi connectivity index (χ1v) is 6.85. The van der Waals surface area contributed by atoms with Gasteiger partial charge in [-0.3, -0.25) is 4.79 Å². The zero-order valence-electron chi connectivity index (χ0n) is 11.2. The molecule has 0 aliphatic rings. The molecule has 5 nitrogen and oxygen atoms in total. The summed E-state index contributed by atoms with van der Waals surface area (Å²) >= 11 is 11.8. The Hall–Kier alpha value is -1.46. The minimum Gasteiger partial charge on any atom is -0.481 e. The second-order valence-corrected chi connectivity index (χ2v) is 5.13. The Balaban J connectivity index is 2.79. The van der Waals surface area contributed by atoms with E-state index in [2.05, 4.69) is 5.32 Å². The molecule has 0 saturated heterocycles. The number of carbonyl (C=O) groups is 2. The maximum absolute atomic E-state index is 12.1. The lowest BCUT2D eigenvalue weighted by atomic mass is 10.2. The van der Waals surface area contributed by atoms with E-state index in [1.54, 1.807) is 26.0 Å². The third kappa shape index (κ3) is 4.58. The van der Waals surface area contributed by atoms with Crippen molar-refractivity contribution >= 4 is 40.9 Å². The number of amides is 2. The van der Waals surface area contributed by atoms with Crippen molar-refractivity contribution in [3.05, 3.63) is 28.2 Å². The van der Waals surface area contributed by atoms with Crippen molar-refractivity contribution in [2.75, 3.05) is 11.9 Å². The van der Waals surface area contributed by atoms with Gasteiger partial charge in [-0.1, -0.05) is 23.2 Å². The van der Waals surface area contributed by atoms with Crippen LogP contribution in [-0.2, 0) is 4.79 Å². The summed E-state index contributed by atoms with van der Waals surface area (Å²) in [6.07, 6.45) is -0.115. The fraction of sp³-hybridized carbons (Fsp3) is 0.385. The van der Waals surface area contributed by atoms with Crippen molar-refractivity contribution in [2.45, 2.75) is 26.3 Å². The molecule has 0 bridgehead atoms. The topological polar surface area (TPSA) is 69.6 Å². The highest BCUT2D eigenvalue weighted by Gasteiger charge is 2.21. The number of carboxylic acid groups (broad SMARTS) is 1. The monoisotopic (exact) mass is 318 g/mol. The van der Waals surface area contributed by atoms with Gasteiger partial charge in [-0.05, 0) is 32.0 Å². The van der Waals surface area contributed by atoms with Crippen LogP contribution in [0.2, 0.25) is 10.0 Å². The molecule has 0 saturated carbocycles. The van der Waals surface area contributed by atoms with E-state index in [-0.39, 0.29) is 6.42 Å². The van der Waals surface area contributed by atoms with Crippen LogP contribution in [0, 0.1) is 0 Å². The summed E-state index contributed by atoms with van der Waals surface area (Å²) in [6, 6.07) is 3.92. The Morgan fingerprint density at radius 2 is 2.05 bits per heavy atom. The maximum atomic E-state index is 12.1. The van der Waals surface area contributed by atoms with Gasteiger partial charge in [0.25, 0.3) is 0 Å². The summed E-state index contributed by atoms with van der Waals surface area (Å²) in [5, 5.41) is 12.2. The molecule has 1 atom stereocenters. The molecule has 2 N–H and O–H groups in total. The molecular weight excluding hydrogens is 303 g/mol. The smallest absolute Gasteiger partial charge is 0.322 e. The van der Waals surface area contributed by atoms with E-state index < -0.39 is 18.0 Å². The molecule has 0 fully saturated rings. The van der Waals surface area contributed by atoms with Crippen LogP contribution in [0.25, 0.3) is 0 Å². The molecule has 1 rings (SSSR count). The van der Waals surface area contributed by atoms with E-state index in [1.165, 1.54) is 11.0 Å². The van der Waals surface area contributed by atoms with E-state index in [0.29, 0.717) is 22.3 Å². The summed E-state index contributed by atoms with van der Waals surface area (Å²) in [6.45, 7) is 3.85. The molecule has 0 radical (unpaired) electrons. The van der Waals surface area contributed by atoms with E-state index in [1.807, 2.05) is 0 Å². The quantitative estimate of drug-likeness (QED) is 0.869. The van der Waals surface area contributed by atoms with Gasteiger partial charge in [0.1, 0.15) is 0 Å². The molecule has 0 spiro atoms. The highest BCUT2D eigenvalue weighted by molar-refractivity contribution is 6.36. The first-order chi connectivity index (χ1) is 9.35. The van der Waals surface area contributed by atoms with Gasteiger partial charge in [-0.15, -0.1) is 0 Å². The van der Waals surface area contributed by atoms with Crippen molar-refractivity contribution in [1.82, 2.24) is 4.90 Å². The summed E-state index contributed by atoms with van der Waals surface area (Å²) in [5.74, 6) is -0.951. The van der Waals surface area contributed by atoms with Crippen molar-refractivity contribution < 1.29 is 14.7 Å². The summed E-state index contributed by atoms with van der Waals surface area (Å²) in [4.78, 5) is 24.3. The highest BCUT2D eigenvalue weighted by Crippen LogP contribution is 2.25. The molecule has 1 aromatic carbocycles. The van der Waals surface area contributed by atoms with E-state index in [0.717, 1.165) is 0 Å². The number of urea groups is 1. The SMILES string of the molecule is CCN(C(=O)Nc1ccc(Cl)cc1Cl)C(C)CC(=O)O. The fourth-order valence-corrected chi connectivity index (χ4v) is 2.25. The van der Waals surface area contributed by atoms with Gasteiger partial charge in [-0.2, -0.15) is 0 Å². The van der Waals surface area contributed by atoms with Gasteiger partial charge >= 0.3 is 12.0 Å². The zero-order valence-corrected chi connectivity index (χ0v) is 12.7. The number of hydrogen-bond donors (Lipinski definition) is 2. The molecule has 1 aromatic rings. The zero-order chi connectivity index (χ0) is 15.3. The van der Waals surface area contributed by atoms with Crippen molar-refractivity contribution in [3.63, 3.8) is 0 Å². The normalized spacial score (nSPS) is 11.8. The molecule has 7 heteroatoms. The van der Waals surface area contributed by atoms with Crippen LogP contribution in [0.4, 0.5) is 10.5 Å². The standard InChI is InChI=1S/C13H16Cl2N2O3/c1-3-17(8(2)6-12(18)19)13(20)16-11-5-4-9(14)7-10(11)15/h4-5,7-8H,3,6H2,1-2H3,(H,16,20)(H,18,19). The van der Waals surface area contributed by atoms with E-state index >= 15 is 0 Å². The number of anilines is 1. The van der Waals surface area contributed by atoms with Crippen molar-refractivity contribution in [2.24, 2.45) is 0 Å². The molecule has 2 amide bonds. The minimum atomic E-state index is -0.951. The average molecular weight is 319 g/mol. The number of benzene rings is 1. The second-order valence-electron chi connectivity index (χ2n) is 4.29. The van der Waals surface area contributed by atoms with Gasteiger partial charge in [0.05, 0.1) is 17.1 Å². The van der Waals surface area contributed by atoms with Gasteiger partial charge in [0.15, 0.2) is 0 Å². The Labute approximate surface area is 127 Å². The van der Waals surface area contributed by atoms with Crippen LogP contribution in [0.5, 0.6) is 0 Å². The lowest BCUT2D eigenvalue weighted by Crippen LogP contribution is -2.42. The molecule has 0 aliphatic heterocycles. The van der Waals surface area contributed by atoms with Crippen LogP contribution in [-0.4, -0.2) is 34.6 Å². The molecule has 110 valence electrons. The summed E-state index contributed by atoms with van der Waals surface area (Å²) in [7, 11) is 0. The highest BCUT2D eigenvalue weighted by atomic mass is 35.5. The number of carbonyl (C=O) groups excluding carboxylic acids is 1. The average Bonchev–Trinajstić information content (AvgIpc) is 2.32. The maximum Gasteiger partial charge on any atom is 0.322 e. The van der Waals surface area contributed by atoms with Gasteiger partial charge in [-0.25, -0.2) is 4.79 Å². The van der Waals surface area contributed by atoms with E-state index in [4.69, 9.17) is 28.3 Å². The first-order valence-electron chi connectivity index (χ1n) is 6.09. The number of nitrogens with zero attached hydrogens (tertiary/aromatic N) is 1. The second kappa shape index (κ2) is 7.36. The molecule has 1 unspecified atom stereocenters. The minimum absolute atomic E-state index is 0.115. The predicted molar refractivity (Wildman–Crippen MR) is 79.6 cm³/mol. The van der Waals surface area contributed by atoms with Crippen LogP contribution in [0.15, 0.2) is 18.2 Å². The summed E-state index contributed by atoms with van der Waals surface area (Å²) in [5.41, 5.74) is 0.432. The Bertz CT molecular complexity index is 508. The third-order valence-electron chi connectivity index (χ3n) is 2.78. The van der Waals surface area contributed by atoms with Crippen LogP contribution in [0.3, 0.4) is 0 Å². The van der Waals surface area contributed by atoms with Gasteiger partial charge < -0.3 is 15.3 Å². The Kier molecular flexibility index (Phi) is 6.10. The number of nitrogens with one attached hydrogen (secondary N) is 1. The van der Waals surface area contributed by atoms with Crippen LogP contribution >= 0.6 is 23.2 Å². The molecule has 0 aliphatic carbocycles. The number of rotatable bonds is 5. The van der Waals surface area contributed by atoms with Crippen LogP contribution < -0.4 is 5.32 Å². The fourth-order valence-electron chi connectivity index (χ4n) is 1.80. The van der Waals surface area contributed by atoms with Gasteiger partial charge in [0, 0.05) is 17.6 Å². The largest absolute Gasteiger partial charge is 0.481 e. The predicted octanol–water partition coefficient (Wildman–Crippen LogP) is 3.71. The Morgan fingerprint density at radius 1 is 1.40 bits per heavy atom. The number of aliphatic carboxylic acids is 1. The van der Waals surface area contributed by atoms with Crippen molar-refractivity contribution in [1.29, 1.82) is 0 Å². The third-order valence-corrected chi connectivity index (χ3v) is 3.32.